The van der Waals surface area contributed by atoms with E-state index in [1.165, 1.54) is 7.11 Å². The van der Waals surface area contributed by atoms with Crippen LogP contribution in [0.3, 0.4) is 0 Å². The Kier molecular flexibility index (Phi) is 4.24. The molecule has 0 spiro atoms. The number of ether oxygens (including phenoxy) is 1. The molecule has 106 valence electrons. The van der Waals surface area contributed by atoms with Gasteiger partial charge in [0.2, 0.25) is 5.89 Å². The summed E-state index contributed by atoms with van der Waals surface area (Å²) in [6.45, 7) is 2.20. The van der Waals surface area contributed by atoms with Crippen LogP contribution in [0.2, 0.25) is 0 Å². The number of oxazole rings is 1. The summed E-state index contributed by atoms with van der Waals surface area (Å²) in [5, 5.41) is 2.73. The summed E-state index contributed by atoms with van der Waals surface area (Å²) in [6.07, 6.45) is 2.43. The molecule has 2 aromatic rings. The second-order valence-corrected chi connectivity index (χ2v) is 4.22. The summed E-state index contributed by atoms with van der Waals surface area (Å²) < 4.78 is 10.6. The molecule has 2 rings (SSSR count). The van der Waals surface area contributed by atoms with Gasteiger partial charge >= 0.3 is 0 Å². The maximum atomic E-state index is 12.1. The fraction of sp³-hybridized carbons (Fsp3) is 0.286. The molecule has 0 saturated heterocycles. The molecule has 0 fully saturated rings. The van der Waals surface area contributed by atoms with Gasteiger partial charge in [0, 0.05) is 18.2 Å². The van der Waals surface area contributed by atoms with Crippen LogP contribution in [0.15, 0.2) is 28.8 Å². The first-order valence-electron chi connectivity index (χ1n) is 6.29. The summed E-state index contributed by atoms with van der Waals surface area (Å²) in [4.78, 5) is 16.2. The highest BCUT2D eigenvalue weighted by atomic mass is 16.5. The lowest BCUT2D eigenvalue weighted by Gasteiger charge is -2.09. The van der Waals surface area contributed by atoms with Crippen molar-refractivity contribution in [2.45, 2.75) is 19.9 Å². The molecule has 0 atom stereocenters. The maximum Gasteiger partial charge on any atom is 0.255 e. The number of nitrogen functional groups attached to an aromatic ring is 1. The molecule has 1 aromatic heterocycles. The monoisotopic (exact) mass is 275 g/mol. The second-order valence-electron chi connectivity index (χ2n) is 4.22. The van der Waals surface area contributed by atoms with E-state index in [0.29, 0.717) is 22.9 Å². The van der Waals surface area contributed by atoms with E-state index in [0.717, 1.165) is 12.2 Å². The highest BCUT2D eigenvalue weighted by Crippen LogP contribution is 2.21. The topological polar surface area (TPSA) is 90.4 Å². The number of amides is 1. The Morgan fingerprint density at radius 2 is 2.30 bits per heavy atom. The van der Waals surface area contributed by atoms with Crippen molar-refractivity contribution in [3.63, 3.8) is 0 Å². The lowest BCUT2D eigenvalue weighted by Crippen LogP contribution is -2.23. The normalized spacial score (nSPS) is 10.3. The fourth-order valence-electron chi connectivity index (χ4n) is 1.74. The van der Waals surface area contributed by atoms with Crippen LogP contribution in [0.4, 0.5) is 5.69 Å². The first kappa shape index (κ1) is 13.9. The van der Waals surface area contributed by atoms with E-state index in [2.05, 4.69) is 10.3 Å². The molecular formula is C14H17N3O3. The number of methoxy groups -OCH3 is 1. The maximum absolute atomic E-state index is 12.1. The Balaban J connectivity index is 2.04. The van der Waals surface area contributed by atoms with Gasteiger partial charge in [-0.2, -0.15) is 0 Å². The number of anilines is 1. The summed E-state index contributed by atoms with van der Waals surface area (Å²) in [5.41, 5.74) is 6.61. The van der Waals surface area contributed by atoms with Gasteiger partial charge in [-0.1, -0.05) is 6.92 Å². The Morgan fingerprint density at radius 1 is 1.50 bits per heavy atom. The van der Waals surface area contributed by atoms with Crippen LogP contribution < -0.4 is 15.8 Å². The summed E-state index contributed by atoms with van der Waals surface area (Å²) >= 11 is 0. The van der Waals surface area contributed by atoms with Crippen molar-refractivity contribution in [3.05, 3.63) is 41.6 Å². The number of nitrogens with zero attached hydrogens (tertiary/aromatic N) is 1. The predicted molar refractivity (Wildman–Crippen MR) is 74.5 cm³/mol. The number of aromatic nitrogens is 1. The number of carbonyl (C=O) groups excluding carboxylic acids is 1. The molecule has 0 saturated carbocycles. The SMILES string of the molecule is CCc1cnc(CNC(=O)c2ccc(N)cc2OC)o1. The molecule has 0 aliphatic carbocycles. The molecule has 3 N–H and O–H groups in total. The van der Waals surface area contributed by atoms with Gasteiger partial charge in [-0.15, -0.1) is 0 Å². The van der Waals surface area contributed by atoms with Crippen molar-refractivity contribution in [3.8, 4) is 5.75 Å². The van der Waals surface area contributed by atoms with Gasteiger partial charge in [0.25, 0.3) is 5.91 Å². The molecule has 1 aromatic carbocycles. The Hall–Kier alpha value is -2.50. The van der Waals surface area contributed by atoms with E-state index in [1.54, 1.807) is 24.4 Å². The van der Waals surface area contributed by atoms with E-state index >= 15 is 0 Å². The zero-order valence-electron chi connectivity index (χ0n) is 11.5. The predicted octanol–water partition coefficient (Wildman–Crippen LogP) is 1.76. The quantitative estimate of drug-likeness (QED) is 0.811. The minimum atomic E-state index is -0.266. The number of aryl methyl sites for hydroxylation is 1. The van der Waals surface area contributed by atoms with Crippen molar-refractivity contribution < 1.29 is 13.9 Å². The third-order valence-corrected chi connectivity index (χ3v) is 2.82. The molecule has 6 heteroatoms. The van der Waals surface area contributed by atoms with Crippen LogP contribution >= 0.6 is 0 Å². The highest BCUT2D eigenvalue weighted by molar-refractivity contribution is 5.97. The van der Waals surface area contributed by atoms with Crippen molar-refractivity contribution in [2.24, 2.45) is 0 Å². The Labute approximate surface area is 116 Å². The molecule has 1 amide bonds. The number of nitrogens with one attached hydrogen (secondary N) is 1. The molecule has 0 bridgehead atoms. The van der Waals surface area contributed by atoms with Crippen LogP contribution in [0.1, 0.15) is 28.9 Å². The second kappa shape index (κ2) is 6.10. The average molecular weight is 275 g/mol. The standard InChI is InChI=1S/C14H17N3O3/c1-3-10-7-16-13(20-10)8-17-14(18)11-5-4-9(15)6-12(11)19-2/h4-7H,3,8,15H2,1-2H3,(H,17,18). The van der Waals surface area contributed by atoms with Crippen LogP contribution in [-0.4, -0.2) is 18.0 Å². The molecule has 1 heterocycles. The molecule has 0 unspecified atom stereocenters. The lowest BCUT2D eigenvalue weighted by atomic mass is 10.1. The summed E-state index contributed by atoms with van der Waals surface area (Å²) in [6, 6.07) is 4.88. The van der Waals surface area contributed by atoms with E-state index in [1.807, 2.05) is 6.92 Å². The van der Waals surface area contributed by atoms with Gasteiger partial charge in [-0.25, -0.2) is 4.98 Å². The molecule has 0 aliphatic rings. The van der Waals surface area contributed by atoms with Crippen molar-refractivity contribution in [1.29, 1.82) is 0 Å². The third kappa shape index (κ3) is 3.09. The number of hydrogen-bond donors (Lipinski definition) is 2. The molecule has 20 heavy (non-hydrogen) atoms. The van der Waals surface area contributed by atoms with Crippen molar-refractivity contribution >= 4 is 11.6 Å². The molecule has 0 radical (unpaired) electrons. The van der Waals surface area contributed by atoms with Gasteiger partial charge in [0.05, 0.1) is 25.4 Å². The number of carbonyl (C=O) groups is 1. The first-order valence-corrected chi connectivity index (χ1v) is 6.29. The number of hydrogen-bond acceptors (Lipinski definition) is 5. The molecule has 6 nitrogen and oxygen atoms in total. The average Bonchev–Trinajstić information content (AvgIpc) is 2.92. The van der Waals surface area contributed by atoms with Gasteiger partial charge in [-0.05, 0) is 12.1 Å². The van der Waals surface area contributed by atoms with Crippen LogP contribution in [0.25, 0.3) is 0 Å². The van der Waals surface area contributed by atoms with E-state index < -0.39 is 0 Å². The van der Waals surface area contributed by atoms with E-state index in [4.69, 9.17) is 14.9 Å². The number of nitrogens with two attached hydrogens (primary N) is 1. The first-order chi connectivity index (χ1) is 9.63. The number of rotatable bonds is 5. The Morgan fingerprint density at radius 3 is 2.95 bits per heavy atom. The van der Waals surface area contributed by atoms with Crippen LogP contribution in [-0.2, 0) is 13.0 Å². The van der Waals surface area contributed by atoms with Gasteiger partial charge in [0.15, 0.2) is 0 Å². The Bertz CT molecular complexity index is 607. The summed E-state index contributed by atoms with van der Waals surface area (Å²) in [7, 11) is 1.49. The fourth-order valence-corrected chi connectivity index (χ4v) is 1.74. The van der Waals surface area contributed by atoms with E-state index in [-0.39, 0.29) is 12.5 Å². The summed E-state index contributed by atoms with van der Waals surface area (Å²) in [5.74, 6) is 1.44. The number of benzene rings is 1. The largest absolute Gasteiger partial charge is 0.496 e. The van der Waals surface area contributed by atoms with E-state index in [9.17, 15) is 4.79 Å². The third-order valence-electron chi connectivity index (χ3n) is 2.82. The van der Waals surface area contributed by atoms with Gasteiger partial charge < -0.3 is 20.2 Å². The van der Waals surface area contributed by atoms with Gasteiger partial charge in [-0.3, -0.25) is 4.79 Å². The zero-order valence-corrected chi connectivity index (χ0v) is 11.5. The minimum Gasteiger partial charge on any atom is -0.496 e. The molecule has 0 aliphatic heterocycles. The smallest absolute Gasteiger partial charge is 0.255 e. The van der Waals surface area contributed by atoms with Crippen LogP contribution in [0, 0.1) is 0 Å². The van der Waals surface area contributed by atoms with Crippen LogP contribution in [0.5, 0.6) is 5.75 Å². The lowest BCUT2D eigenvalue weighted by molar-refractivity contribution is 0.0944. The zero-order chi connectivity index (χ0) is 14.5. The van der Waals surface area contributed by atoms with Crippen molar-refractivity contribution in [1.82, 2.24) is 10.3 Å². The highest BCUT2D eigenvalue weighted by Gasteiger charge is 2.13. The van der Waals surface area contributed by atoms with Gasteiger partial charge in [0.1, 0.15) is 11.5 Å². The van der Waals surface area contributed by atoms with Crippen molar-refractivity contribution in [2.75, 3.05) is 12.8 Å². The molecular weight excluding hydrogens is 258 g/mol. The minimum absolute atomic E-state index is 0.229.